The zero-order chi connectivity index (χ0) is 19.3. The predicted molar refractivity (Wildman–Crippen MR) is 107 cm³/mol. The van der Waals surface area contributed by atoms with Crippen molar-refractivity contribution in [2.45, 2.75) is 6.42 Å². The van der Waals surface area contributed by atoms with Crippen molar-refractivity contribution in [1.82, 2.24) is 15.2 Å². The van der Waals surface area contributed by atoms with E-state index in [1.807, 2.05) is 53.4 Å². The molecule has 0 spiro atoms. The van der Waals surface area contributed by atoms with Gasteiger partial charge in [0.25, 0.3) is 5.91 Å². The number of pyridine rings is 1. The molecule has 1 aromatic heterocycles. The van der Waals surface area contributed by atoms with E-state index in [1.165, 1.54) is 0 Å². The standard InChI is InChI=1S/C22H21N3O3/c26-14-9-16-1-4-18(5-2-16)28-19-6-8-20-17(15-19)3-7-21(24-20)22(27)25-12-10-23-11-13-25/h1-8,14-15,23H,9-13H2. The van der Waals surface area contributed by atoms with Gasteiger partial charge >= 0.3 is 0 Å². The molecule has 1 fully saturated rings. The third-order valence-corrected chi connectivity index (χ3v) is 4.76. The lowest BCUT2D eigenvalue weighted by atomic mass is 10.1. The van der Waals surface area contributed by atoms with Crippen molar-refractivity contribution in [3.8, 4) is 11.5 Å². The zero-order valence-corrected chi connectivity index (χ0v) is 15.4. The van der Waals surface area contributed by atoms with E-state index in [4.69, 9.17) is 4.74 Å². The molecule has 1 aliphatic rings. The number of ether oxygens (including phenoxy) is 1. The topological polar surface area (TPSA) is 71.5 Å². The maximum absolute atomic E-state index is 12.6. The molecular weight excluding hydrogens is 354 g/mol. The maximum atomic E-state index is 12.6. The summed E-state index contributed by atoms with van der Waals surface area (Å²) in [5.41, 5.74) is 2.18. The number of nitrogens with one attached hydrogen (secondary N) is 1. The Labute approximate surface area is 163 Å². The number of benzene rings is 2. The minimum absolute atomic E-state index is 0.0286. The van der Waals surface area contributed by atoms with Crippen LogP contribution < -0.4 is 10.1 Å². The molecule has 3 aromatic rings. The number of fused-ring (bicyclic) bond motifs is 1. The number of piperazine rings is 1. The molecule has 0 bridgehead atoms. The van der Waals surface area contributed by atoms with Crippen LogP contribution in [-0.4, -0.2) is 48.3 Å². The van der Waals surface area contributed by atoms with Gasteiger partial charge in [0.1, 0.15) is 23.5 Å². The van der Waals surface area contributed by atoms with Gasteiger partial charge in [0, 0.05) is 38.0 Å². The van der Waals surface area contributed by atoms with Gasteiger partial charge in [0.2, 0.25) is 0 Å². The molecule has 0 aliphatic carbocycles. The summed E-state index contributed by atoms with van der Waals surface area (Å²) in [6.07, 6.45) is 1.28. The number of amides is 1. The second kappa shape index (κ2) is 8.19. The molecule has 142 valence electrons. The lowest BCUT2D eigenvalue weighted by Crippen LogP contribution is -2.46. The average molecular weight is 375 g/mol. The van der Waals surface area contributed by atoms with Gasteiger partial charge in [-0.15, -0.1) is 0 Å². The molecule has 1 N–H and O–H groups in total. The van der Waals surface area contributed by atoms with Gasteiger partial charge < -0.3 is 19.7 Å². The summed E-state index contributed by atoms with van der Waals surface area (Å²) in [7, 11) is 0. The highest BCUT2D eigenvalue weighted by molar-refractivity contribution is 5.95. The molecule has 0 atom stereocenters. The van der Waals surface area contributed by atoms with Crippen LogP contribution in [-0.2, 0) is 11.2 Å². The van der Waals surface area contributed by atoms with Crippen LogP contribution >= 0.6 is 0 Å². The molecule has 1 amide bonds. The third-order valence-electron chi connectivity index (χ3n) is 4.76. The van der Waals surface area contributed by atoms with Gasteiger partial charge in [0.05, 0.1) is 5.52 Å². The van der Waals surface area contributed by atoms with Crippen molar-refractivity contribution in [3.63, 3.8) is 0 Å². The Kier molecular flexibility index (Phi) is 5.30. The van der Waals surface area contributed by atoms with E-state index in [0.29, 0.717) is 36.7 Å². The number of aromatic nitrogens is 1. The van der Waals surface area contributed by atoms with E-state index in [-0.39, 0.29) is 5.91 Å². The molecule has 0 unspecified atom stereocenters. The monoisotopic (exact) mass is 375 g/mol. The summed E-state index contributed by atoms with van der Waals surface area (Å²) in [6, 6.07) is 16.7. The third kappa shape index (κ3) is 4.02. The molecule has 2 heterocycles. The number of carbonyl (C=O) groups excluding carboxylic acids is 2. The first-order chi connectivity index (χ1) is 13.7. The van der Waals surface area contributed by atoms with E-state index in [1.54, 1.807) is 6.07 Å². The summed E-state index contributed by atoms with van der Waals surface area (Å²) in [5, 5.41) is 4.15. The van der Waals surface area contributed by atoms with Crippen LogP contribution in [0.2, 0.25) is 0 Å². The minimum atomic E-state index is -0.0286. The fourth-order valence-electron chi connectivity index (χ4n) is 3.24. The molecule has 2 aromatic carbocycles. The van der Waals surface area contributed by atoms with Crippen molar-refractivity contribution < 1.29 is 14.3 Å². The second-order valence-corrected chi connectivity index (χ2v) is 6.71. The van der Waals surface area contributed by atoms with Crippen LogP contribution in [0.15, 0.2) is 54.6 Å². The molecule has 1 aliphatic heterocycles. The fraction of sp³-hybridized carbons (Fsp3) is 0.227. The van der Waals surface area contributed by atoms with Gasteiger partial charge in [-0.1, -0.05) is 18.2 Å². The molecule has 0 saturated carbocycles. The van der Waals surface area contributed by atoms with Crippen LogP contribution in [0.1, 0.15) is 16.1 Å². The van der Waals surface area contributed by atoms with Crippen molar-refractivity contribution in [2.24, 2.45) is 0 Å². The van der Waals surface area contributed by atoms with Gasteiger partial charge in [-0.2, -0.15) is 0 Å². The van der Waals surface area contributed by atoms with Crippen molar-refractivity contribution in [2.75, 3.05) is 26.2 Å². The van der Waals surface area contributed by atoms with Gasteiger partial charge in [0.15, 0.2) is 0 Å². The van der Waals surface area contributed by atoms with Crippen LogP contribution in [0.25, 0.3) is 10.9 Å². The lowest BCUT2D eigenvalue weighted by molar-refractivity contribution is -0.107. The molecular formula is C22H21N3O3. The van der Waals surface area contributed by atoms with Crippen molar-refractivity contribution in [1.29, 1.82) is 0 Å². The van der Waals surface area contributed by atoms with Crippen LogP contribution in [0.3, 0.4) is 0 Å². The normalized spacial score (nSPS) is 14.1. The number of nitrogens with zero attached hydrogens (tertiary/aromatic N) is 2. The molecule has 0 radical (unpaired) electrons. The summed E-state index contributed by atoms with van der Waals surface area (Å²) < 4.78 is 5.89. The summed E-state index contributed by atoms with van der Waals surface area (Å²) in [5.74, 6) is 1.37. The molecule has 1 saturated heterocycles. The highest BCUT2D eigenvalue weighted by Gasteiger charge is 2.19. The Hall–Kier alpha value is -3.25. The molecule has 4 rings (SSSR count). The molecule has 6 nitrogen and oxygen atoms in total. The smallest absolute Gasteiger partial charge is 0.272 e. The molecule has 6 heteroatoms. The number of rotatable bonds is 5. The van der Waals surface area contributed by atoms with Gasteiger partial charge in [-0.3, -0.25) is 4.79 Å². The van der Waals surface area contributed by atoms with E-state index >= 15 is 0 Å². The Morgan fingerprint density at radius 1 is 1.04 bits per heavy atom. The lowest BCUT2D eigenvalue weighted by Gasteiger charge is -2.27. The summed E-state index contributed by atoms with van der Waals surface area (Å²) >= 11 is 0. The van der Waals surface area contributed by atoms with E-state index in [2.05, 4.69) is 10.3 Å². The maximum Gasteiger partial charge on any atom is 0.272 e. The van der Waals surface area contributed by atoms with E-state index in [9.17, 15) is 9.59 Å². The largest absolute Gasteiger partial charge is 0.457 e. The highest BCUT2D eigenvalue weighted by atomic mass is 16.5. The van der Waals surface area contributed by atoms with Crippen molar-refractivity contribution >= 4 is 23.1 Å². The second-order valence-electron chi connectivity index (χ2n) is 6.71. The van der Waals surface area contributed by atoms with E-state index in [0.717, 1.165) is 35.8 Å². The number of aldehydes is 1. The quantitative estimate of drug-likeness (QED) is 0.695. The first-order valence-corrected chi connectivity index (χ1v) is 9.34. The average Bonchev–Trinajstić information content (AvgIpc) is 2.75. The van der Waals surface area contributed by atoms with Gasteiger partial charge in [-0.25, -0.2) is 4.98 Å². The van der Waals surface area contributed by atoms with Crippen LogP contribution in [0, 0.1) is 0 Å². The Morgan fingerprint density at radius 3 is 2.54 bits per heavy atom. The van der Waals surface area contributed by atoms with E-state index < -0.39 is 0 Å². The first kappa shape index (κ1) is 18.1. The minimum Gasteiger partial charge on any atom is -0.457 e. The van der Waals surface area contributed by atoms with Crippen LogP contribution in [0.5, 0.6) is 11.5 Å². The number of hydrogen-bond acceptors (Lipinski definition) is 5. The van der Waals surface area contributed by atoms with Crippen molar-refractivity contribution in [3.05, 3.63) is 65.9 Å². The highest BCUT2D eigenvalue weighted by Crippen LogP contribution is 2.25. The van der Waals surface area contributed by atoms with Gasteiger partial charge in [-0.05, 0) is 42.0 Å². The van der Waals surface area contributed by atoms with Crippen LogP contribution in [0.4, 0.5) is 0 Å². The number of hydrogen-bond donors (Lipinski definition) is 1. The predicted octanol–water partition coefficient (Wildman–Crippen LogP) is 2.81. The fourth-order valence-corrected chi connectivity index (χ4v) is 3.24. The number of carbonyl (C=O) groups is 2. The molecule has 28 heavy (non-hydrogen) atoms. The first-order valence-electron chi connectivity index (χ1n) is 9.34. The Bertz CT molecular complexity index is 996. The summed E-state index contributed by atoms with van der Waals surface area (Å²) in [6.45, 7) is 3.04. The summed E-state index contributed by atoms with van der Waals surface area (Å²) in [4.78, 5) is 29.5. The Morgan fingerprint density at radius 2 is 1.79 bits per heavy atom. The zero-order valence-electron chi connectivity index (χ0n) is 15.4. The Balaban J connectivity index is 1.51. The SMILES string of the molecule is O=CCc1ccc(Oc2ccc3nc(C(=O)N4CCNCC4)ccc3c2)cc1.